The molecular formula is C14H18N4. The van der Waals surface area contributed by atoms with Crippen molar-refractivity contribution in [2.24, 2.45) is 0 Å². The van der Waals surface area contributed by atoms with Gasteiger partial charge >= 0.3 is 0 Å². The molecule has 0 aliphatic heterocycles. The van der Waals surface area contributed by atoms with Gasteiger partial charge < -0.3 is 10.2 Å². The fourth-order valence-electron chi connectivity index (χ4n) is 1.85. The largest absolute Gasteiger partial charge is 0.352 e. The summed E-state index contributed by atoms with van der Waals surface area (Å²) >= 11 is 0. The molecule has 1 aromatic carbocycles. The molecular weight excluding hydrogens is 224 g/mol. The zero-order chi connectivity index (χ0) is 12.8. The highest BCUT2D eigenvalue weighted by atomic mass is 15.2. The Kier molecular flexibility index (Phi) is 4.25. The zero-order valence-electron chi connectivity index (χ0n) is 10.7. The van der Waals surface area contributed by atoms with Gasteiger partial charge in [-0.15, -0.1) is 0 Å². The smallest absolute Gasteiger partial charge is 0.222 e. The van der Waals surface area contributed by atoms with E-state index in [2.05, 4.69) is 58.5 Å². The van der Waals surface area contributed by atoms with Crippen LogP contribution in [-0.2, 0) is 0 Å². The van der Waals surface area contributed by atoms with E-state index in [-0.39, 0.29) is 0 Å². The Balaban J connectivity index is 2.04. The summed E-state index contributed by atoms with van der Waals surface area (Å²) in [6.45, 7) is 0.779. The molecule has 1 atom stereocenters. The molecule has 2 aromatic rings. The number of likely N-dealkylation sites (N-methyl/N-ethyl adjacent to an activating group) is 1. The Morgan fingerprint density at radius 3 is 2.33 bits per heavy atom. The first-order valence-electron chi connectivity index (χ1n) is 5.99. The molecule has 1 N–H and O–H groups in total. The number of nitrogens with one attached hydrogen (secondary N) is 1. The van der Waals surface area contributed by atoms with Crippen molar-refractivity contribution in [1.82, 2.24) is 14.9 Å². The van der Waals surface area contributed by atoms with Crippen molar-refractivity contribution in [2.75, 3.05) is 26.0 Å². The van der Waals surface area contributed by atoms with Crippen molar-refractivity contribution >= 4 is 5.95 Å². The van der Waals surface area contributed by atoms with Gasteiger partial charge in [0.25, 0.3) is 0 Å². The predicted molar refractivity (Wildman–Crippen MR) is 73.4 cm³/mol. The van der Waals surface area contributed by atoms with Gasteiger partial charge in [0.15, 0.2) is 0 Å². The summed E-state index contributed by atoms with van der Waals surface area (Å²) in [6.07, 6.45) is 3.48. The maximum atomic E-state index is 4.16. The van der Waals surface area contributed by atoms with Crippen LogP contribution in [0.5, 0.6) is 0 Å². The quantitative estimate of drug-likeness (QED) is 0.872. The van der Waals surface area contributed by atoms with E-state index in [1.54, 1.807) is 12.4 Å². The molecule has 0 unspecified atom stereocenters. The van der Waals surface area contributed by atoms with Gasteiger partial charge in [0.05, 0.1) is 6.04 Å². The number of hydrogen-bond acceptors (Lipinski definition) is 4. The van der Waals surface area contributed by atoms with Crippen LogP contribution in [-0.4, -0.2) is 35.5 Å². The Hall–Kier alpha value is -1.94. The van der Waals surface area contributed by atoms with Gasteiger partial charge in [-0.2, -0.15) is 0 Å². The predicted octanol–water partition coefficient (Wildman–Crippen LogP) is 2.19. The summed E-state index contributed by atoms with van der Waals surface area (Å²) in [5.74, 6) is 0.667. The van der Waals surface area contributed by atoms with E-state index in [0.29, 0.717) is 12.0 Å². The number of hydrogen-bond donors (Lipinski definition) is 1. The van der Waals surface area contributed by atoms with Gasteiger partial charge in [0, 0.05) is 18.9 Å². The monoisotopic (exact) mass is 242 g/mol. The molecule has 0 aliphatic rings. The third-order valence-corrected chi connectivity index (χ3v) is 2.83. The molecule has 94 valence electrons. The van der Waals surface area contributed by atoms with Crippen LogP contribution < -0.4 is 5.32 Å². The molecule has 0 saturated carbocycles. The normalized spacial score (nSPS) is 12.4. The molecule has 4 heteroatoms. The van der Waals surface area contributed by atoms with Crippen LogP contribution in [0.1, 0.15) is 11.6 Å². The van der Waals surface area contributed by atoms with Crippen LogP contribution >= 0.6 is 0 Å². The number of aromatic nitrogens is 2. The summed E-state index contributed by atoms with van der Waals surface area (Å²) in [6, 6.07) is 12.5. The fraction of sp³-hybridized carbons (Fsp3) is 0.286. The molecule has 0 bridgehead atoms. The second kappa shape index (κ2) is 6.12. The minimum absolute atomic E-state index is 0.301. The topological polar surface area (TPSA) is 41.0 Å². The van der Waals surface area contributed by atoms with Gasteiger partial charge in [-0.1, -0.05) is 30.3 Å². The van der Waals surface area contributed by atoms with Gasteiger partial charge in [-0.25, -0.2) is 9.97 Å². The van der Waals surface area contributed by atoms with Gasteiger partial charge in [-0.05, 0) is 25.7 Å². The van der Waals surface area contributed by atoms with E-state index in [1.807, 2.05) is 12.1 Å². The van der Waals surface area contributed by atoms with Crippen LogP contribution in [0.4, 0.5) is 5.95 Å². The van der Waals surface area contributed by atoms with Crippen LogP contribution in [0, 0.1) is 0 Å². The van der Waals surface area contributed by atoms with Crippen molar-refractivity contribution in [3.8, 4) is 0 Å². The van der Waals surface area contributed by atoms with Crippen LogP contribution in [0.15, 0.2) is 48.8 Å². The maximum Gasteiger partial charge on any atom is 0.222 e. The summed E-state index contributed by atoms with van der Waals surface area (Å²) in [7, 11) is 4.15. The standard InChI is InChI=1S/C14H18N4/c1-18(2)13(12-7-4-3-5-8-12)11-17-14-15-9-6-10-16-14/h3-10,13H,11H2,1-2H3,(H,15,16,17)/t13-/m0/s1. The number of anilines is 1. The second-order valence-electron chi connectivity index (χ2n) is 4.34. The Labute approximate surface area is 108 Å². The SMILES string of the molecule is CN(C)[C@@H](CNc1ncccn1)c1ccccc1. The molecule has 0 aliphatic carbocycles. The first-order valence-corrected chi connectivity index (χ1v) is 5.99. The Bertz CT molecular complexity index is 456. The number of benzene rings is 1. The molecule has 0 spiro atoms. The summed E-state index contributed by atoms with van der Waals surface area (Å²) in [5, 5.41) is 3.26. The van der Waals surface area contributed by atoms with Crippen molar-refractivity contribution in [1.29, 1.82) is 0 Å². The lowest BCUT2D eigenvalue weighted by atomic mass is 10.1. The van der Waals surface area contributed by atoms with Crippen molar-refractivity contribution in [3.63, 3.8) is 0 Å². The van der Waals surface area contributed by atoms with E-state index in [4.69, 9.17) is 0 Å². The second-order valence-corrected chi connectivity index (χ2v) is 4.34. The molecule has 4 nitrogen and oxygen atoms in total. The Morgan fingerprint density at radius 1 is 1.06 bits per heavy atom. The van der Waals surface area contributed by atoms with Crippen molar-refractivity contribution in [2.45, 2.75) is 6.04 Å². The Morgan fingerprint density at radius 2 is 1.72 bits per heavy atom. The first kappa shape index (κ1) is 12.5. The van der Waals surface area contributed by atoms with E-state index in [1.165, 1.54) is 5.56 Å². The highest BCUT2D eigenvalue weighted by Crippen LogP contribution is 2.17. The number of nitrogens with zero attached hydrogens (tertiary/aromatic N) is 3. The van der Waals surface area contributed by atoms with E-state index in [9.17, 15) is 0 Å². The average molecular weight is 242 g/mol. The summed E-state index contributed by atoms with van der Waals surface area (Å²) in [4.78, 5) is 10.5. The molecule has 0 fully saturated rings. The van der Waals surface area contributed by atoms with Crippen molar-refractivity contribution in [3.05, 3.63) is 54.4 Å². The fourth-order valence-corrected chi connectivity index (χ4v) is 1.85. The summed E-state index contributed by atoms with van der Waals surface area (Å²) < 4.78 is 0. The van der Waals surface area contributed by atoms with E-state index >= 15 is 0 Å². The third-order valence-electron chi connectivity index (χ3n) is 2.83. The number of rotatable bonds is 5. The average Bonchev–Trinajstić information content (AvgIpc) is 2.41. The lowest BCUT2D eigenvalue weighted by Gasteiger charge is -2.25. The van der Waals surface area contributed by atoms with Gasteiger partial charge in [-0.3, -0.25) is 0 Å². The van der Waals surface area contributed by atoms with Gasteiger partial charge in [0.1, 0.15) is 0 Å². The molecule has 2 rings (SSSR count). The zero-order valence-corrected chi connectivity index (χ0v) is 10.7. The maximum absolute atomic E-state index is 4.16. The van der Waals surface area contributed by atoms with Crippen LogP contribution in [0.3, 0.4) is 0 Å². The molecule has 1 heterocycles. The molecule has 0 amide bonds. The minimum atomic E-state index is 0.301. The highest BCUT2D eigenvalue weighted by molar-refractivity contribution is 5.26. The minimum Gasteiger partial charge on any atom is -0.352 e. The van der Waals surface area contributed by atoms with Crippen LogP contribution in [0.2, 0.25) is 0 Å². The lowest BCUT2D eigenvalue weighted by Crippen LogP contribution is -2.27. The molecule has 18 heavy (non-hydrogen) atoms. The lowest BCUT2D eigenvalue weighted by molar-refractivity contribution is 0.311. The molecule has 0 saturated heterocycles. The van der Waals surface area contributed by atoms with Crippen molar-refractivity contribution < 1.29 is 0 Å². The van der Waals surface area contributed by atoms with E-state index < -0.39 is 0 Å². The molecule has 1 aromatic heterocycles. The highest BCUT2D eigenvalue weighted by Gasteiger charge is 2.13. The first-order chi connectivity index (χ1) is 8.77. The van der Waals surface area contributed by atoms with Gasteiger partial charge in [0.2, 0.25) is 5.95 Å². The third kappa shape index (κ3) is 3.28. The molecule has 0 radical (unpaired) electrons. The van der Waals surface area contributed by atoms with Crippen LogP contribution in [0.25, 0.3) is 0 Å². The van der Waals surface area contributed by atoms with E-state index in [0.717, 1.165) is 6.54 Å². The summed E-state index contributed by atoms with van der Waals surface area (Å²) in [5.41, 5.74) is 1.28.